The number of benzene rings is 1. The van der Waals surface area contributed by atoms with E-state index in [1.54, 1.807) is 26.0 Å². The highest BCUT2D eigenvalue weighted by Gasteiger charge is 2.68. The van der Waals surface area contributed by atoms with Crippen molar-refractivity contribution in [1.29, 1.82) is 0 Å². The number of carbonyl (C=O) groups is 1. The van der Waals surface area contributed by atoms with E-state index in [-0.39, 0.29) is 5.97 Å². The van der Waals surface area contributed by atoms with Gasteiger partial charge in [-0.2, -0.15) is 9.78 Å². The highest BCUT2D eigenvalue weighted by atomic mass is 35.5. The molecular formula is C17H21ClO5. The third-order valence-corrected chi connectivity index (χ3v) is 5.00. The third-order valence-electron chi connectivity index (χ3n) is 4.75. The van der Waals surface area contributed by atoms with Crippen molar-refractivity contribution < 1.29 is 24.0 Å². The van der Waals surface area contributed by atoms with Gasteiger partial charge in [0.15, 0.2) is 0 Å². The zero-order valence-electron chi connectivity index (χ0n) is 13.6. The summed E-state index contributed by atoms with van der Waals surface area (Å²) in [5.41, 5.74) is -0.00119. The molecule has 2 aliphatic heterocycles. The molecule has 0 saturated carbocycles. The van der Waals surface area contributed by atoms with E-state index in [4.69, 9.17) is 30.8 Å². The van der Waals surface area contributed by atoms with Crippen molar-refractivity contribution in [2.45, 2.75) is 51.6 Å². The third kappa shape index (κ3) is 2.76. The predicted molar refractivity (Wildman–Crippen MR) is 83.5 cm³/mol. The normalized spacial score (nSPS) is 36.0. The number of rotatable bonds is 4. The van der Waals surface area contributed by atoms with Gasteiger partial charge in [-0.1, -0.05) is 23.7 Å². The Morgan fingerprint density at radius 2 is 1.91 bits per heavy atom. The van der Waals surface area contributed by atoms with Crippen LogP contribution in [0.5, 0.6) is 0 Å². The molecule has 2 bridgehead atoms. The molecule has 0 aromatic heterocycles. The maximum absolute atomic E-state index is 12.8. The lowest BCUT2D eigenvalue weighted by Gasteiger charge is -2.45. The molecule has 1 aromatic carbocycles. The molecule has 2 heterocycles. The van der Waals surface area contributed by atoms with E-state index >= 15 is 0 Å². The van der Waals surface area contributed by atoms with Crippen LogP contribution in [-0.4, -0.2) is 24.2 Å². The topological polar surface area (TPSA) is 54.0 Å². The number of carbonyl (C=O) groups excluding carboxylic acids is 1. The lowest BCUT2D eigenvalue weighted by Crippen LogP contribution is -2.58. The molecule has 3 unspecified atom stereocenters. The van der Waals surface area contributed by atoms with Crippen molar-refractivity contribution in [3.63, 3.8) is 0 Å². The Hall–Kier alpha value is -1.14. The van der Waals surface area contributed by atoms with Crippen LogP contribution in [0.15, 0.2) is 24.3 Å². The van der Waals surface area contributed by atoms with Crippen molar-refractivity contribution in [1.82, 2.24) is 0 Å². The smallest absolute Gasteiger partial charge is 0.318 e. The first-order chi connectivity index (χ1) is 10.8. The summed E-state index contributed by atoms with van der Waals surface area (Å²) in [5, 5.41) is 0.651. The van der Waals surface area contributed by atoms with Gasteiger partial charge in [-0.05, 0) is 51.3 Å². The van der Waals surface area contributed by atoms with Crippen molar-refractivity contribution in [2.75, 3.05) is 6.61 Å². The zero-order valence-corrected chi connectivity index (χ0v) is 14.3. The lowest BCUT2D eigenvalue weighted by molar-refractivity contribution is -0.352. The maximum atomic E-state index is 12.8. The molecular weight excluding hydrogens is 320 g/mol. The van der Waals surface area contributed by atoms with E-state index in [9.17, 15) is 4.79 Å². The molecule has 0 spiro atoms. The molecule has 3 atom stereocenters. The van der Waals surface area contributed by atoms with Crippen molar-refractivity contribution in [2.24, 2.45) is 5.41 Å². The summed E-state index contributed by atoms with van der Waals surface area (Å²) in [6, 6.07) is 7.41. The Bertz CT molecular complexity index is 604. The monoisotopic (exact) mass is 340 g/mol. The van der Waals surface area contributed by atoms with Crippen LogP contribution in [-0.2, 0) is 30.5 Å². The Labute approximate surface area is 140 Å². The molecule has 2 saturated heterocycles. The molecule has 126 valence electrons. The number of hydrogen-bond acceptors (Lipinski definition) is 5. The Morgan fingerprint density at radius 1 is 1.22 bits per heavy atom. The Kier molecular flexibility index (Phi) is 4.17. The minimum atomic E-state index is -1.19. The second-order valence-electron chi connectivity index (χ2n) is 6.45. The van der Waals surface area contributed by atoms with Crippen LogP contribution in [0, 0.1) is 5.41 Å². The van der Waals surface area contributed by atoms with Gasteiger partial charge in [0, 0.05) is 11.4 Å². The van der Waals surface area contributed by atoms with E-state index in [0.29, 0.717) is 30.9 Å². The molecule has 2 fully saturated rings. The molecule has 2 aliphatic rings. The molecule has 1 aromatic rings. The van der Waals surface area contributed by atoms with Crippen molar-refractivity contribution in [3.05, 3.63) is 34.9 Å². The Morgan fingerprint density at radius 3 is 2.57 bits per heavy atom. The molecule has 6 heteroatoms. The number of esters is 1. The SMILES string of the molecule is CCOC(=O)C1(Cc2ccc(Cl)cc2)CCC2(C)OOC1(C)O2. The van der Waals surface area contributed by atoms with Crippen LogP contribution in [0.2, 0.25) is 5.02 Å². The summed E-state index contributed by atoms with van der Waals surface area (Å²) in [4.78, 5) is 23.7. The van der Waals surface area contributed by atoms with Gasteiger partial charge in [0.05, 0.1) is 6.61 Å². The number of halogens is 1. The maximum Gasteiger partial charge on any atom is 0.318 e. The number of fused-ring (bicyclic) bond motifs is 2. The van der Waals surface area contributed by atoms with Crippen LogP contribution in [0.3, 0.4) is 0 Å². The molecule has 23 heavy (non-hydrogen) atoms. The average molecular weight is 341 g/mol. The van der Waals surface area contributed by atoms with Gasteiger partial charge in [-0.15, -0.1) is 0 Å². The summed E-state index contributed by atoms with van der Waals surface area (Å²) in [7, 11) is 0. The van der Waals surface area contributed by atoms with Gasteiger partial charge < -0.3 is 9.47 Å². The van der Waals surface area contributed by atoms with E-state index < -0.39 is 17.0 Å². The number of ether oxygens (including phenoxy) is 2. The molecule has 0 N–H and O–H groups in total. The molecule has 0 amide bonds. The fraction of sp³-hybridized carbons (Fsp3) is 0.588. The van der Waals surface area contributed by atoms with Crippen molar-refractivity contribution in [3.8, 4) is 0 Å². The van der Waals surface area contributed by atoms with Gasteiger partial charge in [0.1, 0.15) is 5.41 Å². The quantitative estimate of drug-likeness (QED) is 0.618. The highest BCUT2D eigenvalue weighted by molar-refractivity contribution is 6.30. The van der Waals surface area contributed by atoms with Crippen LogP contribution in [0.4, 0.5) is 0 Å². The van der Waals surface area contributed by atoms with E-state index in [0.717, 1.165) is 5.56 Å². The first kappa shape index (κ1) is 16.7. The van der Waals surface area contributed by atoms with Gasteiger partial charge >= 0.3 is 5.97 Å². The van der Waals surface area contributed by atoms with Gasteiger partial charge in [0.2, 0.25) is 11.6 Å². The standard InChI is InChI=1S/C17H21ClO5/c1-4-20-14(19)17(11-12-5-7-13(18)8-6-12)10-9-15(2)21-16(17,3)23-22-15/h5-8H,4,9-11H2,1-3H3. The van der Waals surface area contributed by atoms with Gasteiger partial charge in [-0.3, -0.25) is 4.79 Å². The second-order valence-corrected chi connectivity index (χ2v) is 6.89. The first-order valence-electron chi connectivity index (χ1n) is 7.81. The van der Waals surface area contributed by atoms with E-state index in [1.807, 2.05) is 19.1 Å². The van der Waals surface area contributed by atoms with E-state index in [2.05, 4.69) is 0 Å². The molecule has 3 rings (SSSR count). The largest absolute Gasteiger partial charge is 0.465 e. The minimum absolute atomic E-state index is 0.301. The highest BCUT2D eigenvalue weighted by Crippen LogP contribution is 2.56. The fourth-order valence-electron chi connectivity index (χ4n) is 3.38. The summed E-state index contributed by atoms with van der Waals surface area (Å²) in [5.74, 6) is -2.33. The van der Waals surface area contributed by atoms with Gasteiger partial charge in [-0.25, -0.2) is 0 Å². The molecule has 0 aliphatic carbocycles. The summed E-state index contributed by atoms with van der Waals surface area (Å²) < 4.78 is 11.3. The fourth-order valence-corrected chi connectivity index (χ4v) is 3.51. The lowest BCUT2D eigenvalue weighted by atomic mass is 9.69. The average Bonchev–Trinajstić information content (AvgIpc) is 2.78. The summed E-state index contributed by atoms with van der Waals surface area (Å²) in [6.07, 6.45) is 1.54. The zero-order chi connectivity index (χ0) is 16.7. The van der Waals surface area contributed by atoms with Crippen molar-refractivity contribution >= 4 is 17.6 Å². The molecule has 0 radical (unpaired) electrons. The summed E-state index contributed by atoms with van der Waals surface area (Å²) in [6.45, 7) is 5.64. The minimum Gasteiger partial charge on any atom is -0.465 e. The predicted octanol–water partition coefficient (Wildman–Crippen LogP) is 3.64. The van der Waals surface area contributed by atoms with E-state index in [1.165, 1.54) is 0 Å². The van der Waals surface area contributed by atoms with Crippen LogP contribution >= 0.6 is 11.6 Å². The van der Waals surface area contributed by atoms with Gasteiger partial charge in [0.25, 0.3) is 0 Å². The number of hydrogen-bond donors (Lipinski definition) is 0. The first-order valence-corrected chi connectivity index (χ1v) is 8.19. The van der Waals surface area contributed by atoms with Crippen LogP contribution < -0.4 is 0 Å². The second kappa shape index (κ2) is 5.74. The summed E-state index contributed by atoms with van der Waals surface area (Å²) >= 11 is 5.95. The Balaban J connectivity index is 1.98. The van der Waals surface area contributed by atoms with Crippen LogP contribution in [0.25, 0.3) is 0 Å². The van der Waals surface area contributed by atoms with Crippen LogP contribution in [0.1, 0.15) is 39.2 Å². The molecule has 5 nitrogen and oxygen atoms in total.